The summed E-state index contributed by atoms with van der Waals surface area (Å²) in [5, 5.41) is 11.0. The van der Waals surface area contributed by atoms with Gasteiger partial charge in [-0.1, -0.05) is 18.2 Å². The van der Waals surface area contributed by atoms with E-state index in [0.29, 0.717) is 12.5 Å². The highest BCUT2D eigenvalue weighted by molar-refractivity contribution is 5.42. The second-order valence-electron chi connectivity index (χ2n) is 4.53. The SMILES string of the molecule is CN1CCC(CN)C1c1ccccc1[N+](=O)[O-]. The van der Waals surface area contributed by atoms with Crippen molar-refractivity contribution in [2.75, 3.05) is 20.1 Å². The summed E-state index contributed by atoms with van der Waals surface area (Å²) in [6.45, 7) is 1.51. The first kappa shape index (κ1) is 12.0. The van der Waals surface area contributed by atoms with E-state index in [1.807, 2.05) is 19.2 Å². The number of nitrogens with zero attached hydrogens (tertiary/aromatic N) is 2. The average Bonchev–Trinajstić information content (AvgIpc) is 2.70. The second kappa shape index (κ2) is 4.81. The van der Waals surface area contributed by atoms with Crippen molar-refractivity contribution in [1.29, 1.82) is 0 Å². The van der Waals surface area contributed by atoms with Gasteiger partial charge in [0.25, 0.3) is 5.69 Å². The van der Waals surface area contributed by atoms with Gasteiger partial charge < -0.3 is 5.73 Å². The third-order valence-electron chi connectivity index (χ3n) is 3.53. The fraction of sp³-hybridized carbons (Fsp3) is 0.500. The van der Waals surface area contributed by atoms with E-state index in [0.717, 1.165) is 18.5 Å². The lowest BCUT2D eigenvalue weighted by Crippen LogP contribution is -2.25. The lowest BCUT2D eigenvalue weighted by atomic mass is 9.93. The van der Waals surface area contributed by atoms with Crippen molar-refractivity contribution < 1.29 is 4.92 Å². The van der Waals surface area contributed by atoms with Gasteiger partial charge in [0, 0.05) is 17.7 Å². The first-order valence-electron chi connectivity index (χ1n) is 5.78. The molecular formula is C12H17N3O2. The Morgan fingerprint density at radius 1 is 1.53 bits per heavy atom. The van der Waals surface area contributed by atoms with Crippen molar-refractivity contribution in [3.8, 4) is 0 Å². The van der Waals surface area contributed by atoms with Gasteiger partial charge in [-0.2, -0.15) is 0 Å². The third kappa shape index (κ3) is 2.16. The van der Waals surface area contributed by atoms with E-state index in [1.54, 1.807) is 12.1 Å². The molecule has 0 bridgehead atoms. The van der Waals surface area contributed by atoms with Crippen LogP contribution in [0.15, 0.2) is 24.3 Å². The van der Waals surface area contributed by atoms with Gasteiger partial charge in [-0.25, -0.2) is 0 Å². The Hall–Kier alpha value is -1.46. The number of benzene rings is 1. The van der Waals surface area contributed by atoms with E-state index in [9.17, 15) is 10.1 Å². The molecule has 1 fully saturated rings. The summed E-state index contributed by atoms with van der Waals surface area (Å²) >= 11 is 0. The van der Waals surface area contributed by atoms with E-state index in [4.69, 9.17) is 5.73 Å². The maximum atomic E-state index is 11.0. The normalized spacial score (nSPS) is 25.1. The van der Waals surface area contributed by atoms with Crippen LogP contribution in [0.2, 0.25) is 0 Å². The minimum absolute atomic E-state index is 0.0709. The summed E-state index contributed by atoms with van der Waals surface area (Å²) in [5.74, 6) is 0.307. The fourth-order valence-electron chi connectivity index (χ4n) is 2.67. The number of nitrogens with two attached hydrogens (primary N) is 1. The molecule has 17 heavy (non-hydrogen) atoms. The van der Waals surface area contributed by atoms with Crippen LogP contribution in [0.4, 0.5) is 5.69 Å². The zero-order valence-electron chi connectivity index (χ0n) is 9.87. The topological polar surface area (TPSA) is 72.4 Å². The average molecular weight is 235 g/mol. The molecule has 2 atom stereocenters. The van der Waals surface area contributed by atoms with Crippen molar-refractivity contribution in [1.82, 2.24) is 4.90 Å². The molecule has 0 spiro atoms. The molecule has 0 saturated carbocycles. The number of para-hydroxylation sites is 1. The number of likely N-dealkylation sites (tertiary alicyclic amines) is 1. The van der Waals surface area contributed by atoms with Crippen LogP contribution in [0.3, 0.4) is 0 Å². The lowest BCUT2D eigenvalue weighted by Gasteiger charge is -2.24. The molecule has 1 aliphatic rings. The lowest BCUT2D eigenvalue weighted by molar-refractivity contribution is -0.386. The summed E-state index contributed by atoms with van der Waals surface area (Å²) < 4.78 is 0. The van der Waals surface area contributed by atoms with Crippen LogP contribution in [-0.4, -0.2) is 30.0 Å². The molecule has 0 radical (unpaired) electrons. The molecule has 0 aromatic heterocycles. The number of nitro benzene ring substituents is 1. The summed E-state index contributed by atoms with van der Waals surface area (Å²) in [7, 11) is 2.00. The summed E-state index contributed by atoms with van der Waals surface area (Å²) in [6, 6.07) is 7.03. The van der Waals surface area contributed by atoms with Crippen LogP contribution in [0, 0.1) is 16.0 Å². The molecule has 1 heterocycles. The van der Waals surface area contributed by atoms with Gasteiger partial charge >= 0.3 is 0 Å². The van der Waals surface area contributed by atoms with Gasteiger partial charge in [0.15, 0.2) is 0 Å². The Morgan fingerprint density at radius 2 is 2.24 bits per heavy atom. The molecule has 2 rings (SSSR count). The van der Waals surface area contributed by atoms with Gasteiger partial charge in [0.2, 0.25) is 0 Å². The van der Waals surface area contributed by atoms with Gasteiger partial charge in [0.05, 0.1) is 4.92 Å². The van der Waals surface area contributed by atoms with Crippen molar-refractivity contribution in [2.45, 2.75) is 12.5 Å². The molecule has 5 nitrogen and oxygen atoms in total. The molecule has 92 valence electrons. The monoisotopic (exact) mass is 235 g/mol. The quantitative estimate of drug-likeness (QED) is 0.637. The Labute approximate surface area is 100 Å². The van der Waals surface area contributed by atoms with Crippen LogP contribution < -0.4 is 5.73 Å². The van der Waals surface area contributed by atoms with Crippen molar-refractivity contribution in [3.63, 3.8) is 0 Å². The number of hydrogen-bond acceptors (Lipinski definition) is 4. The van der Waals surface area contributed by atoms with Crippen molar-refractivity contribution in [3.05, 3.63) is 39.9 Å². The van der Waals surface area contributed by atoms with E-state index < -0.39 is 0 Å². The van der Waals surface area contributed by atoms with E-state index in [1.165, 1.54) is 0 Å². The van der Waals surface area contributed by atoms with Crippen LogP contribution >= 0.6 is 0 Å². The molecule has 1 aromatic carbocycles. The summed E-state index contributed by atoms with van der Waals surface area (Å²) in [4.78, 5) is 12.9. The second-order valence-corrected chi connectivity index (χ2v) is 4.53. The standard InChI is InChI=1S/C12H17N3O2/c1-14-7-6-9(8-13)12(14)10-4-2-3-5-11(10)15(16)17/h2-5,9,12H,6-8,13H2,1H3. The van der Waals surface area contributed by atoms with Crippen molar-refractivity contribution in [2.24, 2.45) is 11.7 Å². The molecule has 2 unspecified atom stereocenters. The number of nitro groups is 1. The zero-order chi connectivity index (χ0) is 12.4. The molecule has 5 heteroatoms. The maximum absolute atomic E-state index is 11.0. The maximum Gasteiger partial charge on any atom is 0.274 e. The largest absolute Gasteiger partial charge is 0.330 e. The van der Waals surface area contributed by atoms with Crippen molar-refractivity contribution >= 4 is 5.69 Å². The summed E-state index contributed by atoms with van der Waals surface area (Å²) in [5.41, 5.74) is 6.74. The molecule has 1 aliphatic heterocycles. The highest BCUT2D eigenvalue weighted by atomic mass is 16.6. The van der Waals surface area contributed by atoms with Gasteiger partial charge in [-0.3, -0.25) is 15.0 Å². The minimum Gasteiger partial charge on any atom is -0.330 e. The van der Waals surface area contributed by atoms with Crippen LogP contribution in [0.1, 0.15) is 18.0 Å². The van der Waals surface area contributed by atoms with E-state index >= 15 is 0 Å². The van der Waals surface area contributed by atoms with Gasteiger partial charge in [-0.05, 0) is 32.5 Å². The first-order valence-corrected chi connectivity index (χ1v) is 5.78. The minimum atomic E-state index is -0.310. The number of rotatable bonds is 3. The smallest absolute Gasteiger partial charge is 0.274 e. The van der Waals surface area contributed by atoms with Gasteiger partial charge in [-0.15, -0.1) is 0 Å². The first-order chi connectivity index (χ1) is 8.15. The predicted octanol–water partition coefficient (Wildman–Crippen LogP) is 1.55. The molecule has 0 aliphatic carbocycles. The fourth-order valence-corrected chi connectivity index (χ4v) is 2.67. The highest BCUT2D eigenvalue weighted by Gasteiger charge is 2.35. The van der Waals surface area contributed by atoms with E-state index in [2.05, 4.69) is 4.90 Å². The van der Waals surface area contributed by atoms with Gasteiger partial charge in [0.1, 0.15) is 0 Å². The van der Waals surface area contributed by atoms with Crippen LogP contribution in [0.25, 0.3) is 0 Å². The number of hydrogen-bond donors (Lipinski definition) is 1. The third-order valence-corrected chi connectivity index (χ3v) is 3.53. The zero-order valence-corrected chi connectivity index (χ0v) is 9.87. The predicted molar refractivity (Wildman–Crippen MR) is 65.6 cm³/mol. The Balaban J connectivity index is 2.41. The van der Waals surface area contributed by atoms with Crippen LogP contribution in [0.5, 0.6) is 0 Å². The molecule has 2 N–H and O–H groups in total. The van der Waals surface area contributed by atoms with Crippen LogP contribution in [-0.2, 0) is 0 Å². The Kier molecular flexibility index (Phi) is 3.40. The molecule has 1 aromatic rings. The van der Waals surface area contributed by atoms with E-state index in [-0.39, 0.29) is 16.7 Å². The Bertz CT molecular complexity index is 422. The molecule has 0 amide bonds. The summed E-state index contributed by atoms with van der Waals surface area (Å²) in [6.07, 6.45) is 1.00. The highest BCUT2D eigenvalue weighted by Crippen LogP contribution is 2.39. The Morgan fingerprint density at radius 3 is 2.88 bits per heavy atom. The molecule has 1 saturated heterocycles. The molecular weight excluding hydrogens is 218 g/mol.